The van der Waals surface area contributed by atoms with Gasteiger partial charge in [-0.2, -0.15) is 15.0 Å². The Morgan fingerprint density at radius 3 is 2.94 bits per heavy atom. The molecule has 0 amide bonds. The summed E-state index contributed by atoms with van der Waals surface area (Å²) in [4.78, 5) is 14.6. The van der Waals surface area contributed by atoms with Crippen LogP contribution in [0.2, 0.25) is 0 Å². The first-order valence-corrected chi connectivity index (χ1v) is 6.22. The minimum atomic E-state index is -0.316. The van der Waals surface area contributed by atoms with Crippen LogP contribution in [0.5, 0.6) is 6.01 Å². The van der Waals surface area contributed by atoms with Crippen molar-refractivity contribution < 1.29 is 9.84 Å². The topological polar surface area (TPSA) is 83.4 Å². The zero-order valence-corrected chi connectivity index (χ0v) is 10.8. The van der Waals surface area contributed by atoms with Gasteiger partial charge in [-0.15, -0.1) is 0 Å². The Morgan fingerprint density at radius 1 is 1.44 bits per heavy atom. The lowest BCUT2D eigenvalue weighted by atomic mass is 10.1. The molecule has 100 valence electrons. The van der Waals surface area contributed by atoms with Gasteiger partial charge in [0.2, 0.25) is 11.9 Å². The molecule has 18 heavy (non-hydrogen) atoms. The van der Waals surface area contributed by atoms with Gasteiger partial charge in [0.05, 0.1) is 12.7 Å². The molecule has 0 saturated carbocycles. The normalized spacial score (nSPS) is 19.7. The lowest BCUT2D eigenvalue weighted by molar-refractivity contribution is 0.153. The average molecular weight is 253 g/mol. The number of aromatic nitrogens is 3. The average Bonchev–Trinajstić information content (AvgIpc) is 2.39. The van der Waals surface area contributed by atoms with E-state index in [1.807, 2.05) is 11.8 Å². The molecular formula is C11H19N5O2. The number of aliphatic hydroxyl groups excluding tert-OH is 1. The van der Waals surface area contributed by atoms with Crippen molar-refractivity contribution in [2.24, 2.45) is 0 Å². The summed E-state index contributed by atoms with van der Waals surface area (Å²) in [6.07, 6.45) is 1.45. The minimum absolute atomic E-state index is 0.312. The molecule has 0 aromatic carbocycles. The van der Waals surface area contributed by atoms with E-state index < -0.39 is 0 Å². The number of rotatable bonds is 4. The molecule has 1 saturated heterocycles. The van der Waals surface area contributed by atoms with Crippen LogP contribution >= 0.6 is 0 Å². The fraction of sp³-hybridized carbons (Fsp3) is 0.727. The van der Waals surface area contributed by atoms with Gasteiger partial charge in [0.1, 0.15) is 0 Å². The molecule has 0 aliphatic carbocycles. The second-order valence-electron chi connectivity index (χ2n) is 4.17. The van der Waals surface area contributed by atoms with E-state index >= 15 is 0 Å². The zero-order chi connectivity index (χ0) is 13.0. The van der Waals surface area contributed by atoms with Gasteiger partial charge in [0.25, 0.3) is 0 Å². The summed E-state index contributed by atoms with van der Waals surface area (Å²) in [5.41, 5.74) is 0. The summed E-state index contributed by atoms with van der Waals surface area (Å²) in [6, 6.07) is 0.312. The van der Waals surface area contributed by atoms with Gasteiger partial charge in [-0.05, 0) is 19.8 Å². The van der Waals surface area contributed by atoms with Gasteiger partial charge in [0.15, 0.2) is 0 Å². The van der Waals surface area contributed by atoms with Crippen molar-refractivity contribution in [1.82, 2.24) is 15.0 Å². The molecule has 0 bridgehead atoms. The van der Waals surface area contributed by atoms with E-state index in [0.29, 0.717) is 31.1 Å². The maximum atomic E-state index is 9.68. The number of ether oxygens (including phenoxy) is 1. The fourth-order valence-electron chi connectivity index (χ4n) is 1.93. The Labute approximate surface area is 106 Å². The fourth-order valence-corrected chi connectivity index (χ4v) is 1.93. The standard InChI is InChI=1S/C11H19N5O2/c1-3-18-11-14-9(12-2)13-10(15-11)16-6-4-5-8(17)7-16/h8,17H,3-7H2,1-2H3,(H,12,13,14,15). The number of piperidine rings is 1. The lowest BCUT2D eigenvalue weighted by Gasteiger charge is -2.30. The quantitative estimate of drug-likeness (QED) is 0.797. The van der Waals surface area contributed by atoms with Crippen molar-refractivity contribution in [3.05, 3.63) is 0 Å². The van der Waals surface area contributed by atoms with E-state index in [1.54, 1.807) is 7.05 Å². The maximum Gasteiger partial charge on any atom is 0.323 e. The van der Waals surface area contributed by atoms with Crippen LogP contribution in [0.25, 0.3) is 0 Å². The van der Waals surface area contributed by atoms with Gasteiger partial charge in [0, 0.05) is 20.1 Å². The Balaban J connectivity index is 2.22. The summed E-state index contributed by atoms with van der Waals surface area (Å²) in [7, 11) is 1.75. The van der Waals surface area contributed by atoms with Gasteiger partial charge < -0.3 is 20.1 Å². The van der Waals surface area contributed by atoms with Crippen LogP contribution in [0.1, 0.15) is 19.8 Å². The van der Waals surface area contributed by atoms with Gasteiger partial charge in [-0.1, -0.05) is 0 Å². The molecule has 0 radical (unpaired) electrons. The summed E-state index contributed by atoms with van der Waals surface area (Å²) in [5.74, 6) is 1.03. The predicted octanol–water partition coefficient (Wildman–Crippen LogP) is 0.273. The third-order valence-corrected chi connectivity index (χ3v) is 2.78. The van der Waals surface area contributed by atoms with Crippen molar-refractivity contribution in [2.75, 3.05) is 37.0 Å². The summed E-state index contributed by atoms with van der Waals surface area (Å²) in [5, 5.41) is 12.6. The number of β-amino-alcohol motifs (C(OH)–C–C–N with tert-alkyl or cyclic N) is 1. The first-order chi connectivity index (χ1) is 8.72. The summed E-state index contributed by atoms with van der Waals surface area (Å²) < 4.78 is 5.32. The third kappa shape index (κ3) is 2.98. The largest absolute Gasteiger partial charge is 0.464 e. The van der Waals surface area contributed by atoms with Crippen molar-refractivity contribution in [3.8, 4) is 6.01 Å². The minimum Gasteiger partial charge on any atom is -0.464 e. The molecule has 7 heteroatoms. The highest BCUT2D eigenvalue weighted by molar-refractivity contribution is 5.38. The van der Waals surface area contributed by atoms with Gasteiger partial charge in [-0.3, -0.25) is 0 Å². The molecule has 2 N–H and O–H groups in total. The van der Waals surface area contributed by atoms with Crippen LogP contribution in [0.3, 0.4) is 0 Å². The van der Waals surface area contributed by atoms with Crippen LogP contribution in [0.15, 0.2) is 0 Å². The number of hydrogen-bond donors (Lipinski definition) is 2. The molecule has 2 heterocycles. The highest BCUT2D eigenvalue weighted by atomic mass is 16.5. The smallest absolute Gasteiger partial charge is 0.323 e. The first kappa shape index (κ1) is 12.8. The van der Waals surface area contributed by atoms with Crippen molar-refractivity contribution in [3.63, 3.8) is 0 Å². The Kier molecular flexibility index (Phi) is 4.14. The predicted molar refractivity (Wildman–Crippen MR) is 68.0 cm³/mol. The molecule has 1 atom stereocenters. The van der Waals surface area contributed by atoms with E-state index in [9.17, 15) is 5.11 Å². The van der Waals surface area contributed by atoms with Gasteiger partial charge in [-0.25, -0.2) is 0 Å². The lowest BCUT2D eigenvalue weighted by Crippen LogP contribution is -2.39. The first-order valence-electron chi connectivity index (χ1n) is 6.22. The molecule has 1 unspecified atom stereocenters. The summed E-state index contributed by atoms with van der Waals surface area (Å²) in [6.45, 7) is 3.79. The SMILES string of the molecule is CCOc1nc(NC)nc(N2CCCC(O)C2)n1. The zero-order valence-electron chi connectivity index (χ0n) is 10.8. The number of nitrogens with zero attached hydrogens (tertiary/aromatic N) is 4. The second kappa shape index (κ2) is 5.81. The Morgan fingerprint density at radius 2 is 2.28 bits per heavy atom. The number of anilines is 2. The van der Waals surface area contributed by atoms with E-state index in [2.05, 4.69) is 20.3 Å². The molecule has 0 spiro atoms. The number of nitrogens with one attached hydrogen (secondary N) is 1. The van der Waals surface area contributed by atoms with E-state index in [1.165, 1.54) is 0 Å². The molecular weight excluding hydrogens is 234 g/mol. The van der Waals surface area contributed by atoms with E-state index in [0.717, 1.165) is 19.4 Å². The second-order valence-corrected chi connectivity index (χ2v) is 4.17. The molecule has 7 nitrogen and oxygen atoms in total. The molecule has 1 aromatic rings. The van der Waals surface area contributed by atoms with Crippen molar-refractivity contribution >= 4 is 11.9 Å². The van der Waals surface area contributed by atoms with Gasteiger partial charge >= 0.3 is 6.01 Å². The van der Waals surface area contributed by atoms with Crippen molar-refractivity contribution in [2.45, 2.75) is 25.9 Å². The van der Waals surface area contributed by atoms with Crippen LogP contribution in [0.4, 0.5) is 11.9 Å². The monoisotopic (exact) mass is 253 g/mol. The Bertz CT molecular complexity index is 401. The third-order valence-electron chi connectivity index (χ3n) is 2.78. The highest BCUT2D eigenvalue weighted by Gasteiger charge is 2.21. The molecule has 1 aromatic heterocycles. The van der Waals surface area contributed by atoms with Crippen LogP contribution in [-0.2, 0) is 0 Å². The Hall–Kier alpha value is -1.63. The van der Waals surface area contributed by atoms with E-state index in [-0.39, 0.29) is 6.10 Å². The molecule has 1 fully saturated rings. The molecule has 1 aliphatic heterocycles. The summed E-state index contributed by atoms with van der Waals surface area (Å²) >= 11 is 0. The van der Waals surface area contributed by atoms with E-state index in [4.69, 9.17) is 4.74 Å². The van der Waals surface area contributed by atoms with Crippen LogP contribution in [0, 0.1) is 0 Å². The molecule has 2 rings (SSSR count). The highest BCUT2D eigenvalue weighted by Crippen LogP contribution is 2.19. The number of hydrogen-bond acceptors (Lipinski definition) is 7. The van der Waals surface area contributed by atoms with Crippen LogP contribution in [-0.4, -0.2) is 52.9 Å². The number of aliphatic hydroxyl groups is 1. The van der Waals surface area contributed by atoms with Crippen molar-refractivity contribution in [1.29, 1.82) is 0 Å². The van der Waals surface area contributed by atoms with Crippen LogP contribution < -0.4 is 15.0 Å². The maximum absolute atomic E-state index is 9.68. The molecule has 1 aliphatic rings.